The summed E-state index contributed by atoms with van der Waals surface area (Å²) in [6, 6.07) is 11.9. The van der Waals surface area contributed by atoms with E-state index < -0.39 is 18.3 Å². The Morgan fingerprint density at radius 1 is 1.03 bits per heavy atom. The molecule has 5 rings (SSSR count). The SMILES string of the molecule is O=C(N[C@@H]1CC[C@@H](C(=O)N2CC(Oc3ccc(Cl)cc3)C2)OC1)C1CC(O)c2cc(Cl)ccc2O1. The Balaban J connectivity index is 1.05. The number of ether oxygens (including phenoxy) is 3. The van der Waals surface area contributed by atoms with E-state index in [0.717, 1.165) is 5.75 Å². The molecule has 8 nitrogen and oxygen atoms in total. The molecule has 2 amide bonds. The lowest BCUT2D eigenvalue weighted by atomic mass is 9.98. The topological polar surface area (TPSA) is 97.3 Å². The lowest BCUT2D eigenvalue weighted by molar-refractivity contribution is -0.156. The summed E-state index contributed by atoms with van der Waals surface area (Å²) < 4.78 is 17.4. The second-order valence-electron chi connectivity index (χ2n) is 9.08. The van der Waals surface area contributed by atoms with E-state index in [4.69, 9.17) is 37.4 Å². The number of carbonyl (C=O) groups is 2. The maximum Gasteiger partial charge on any atom is 0.261 e. The highest BCUT2D eigenvalue weighted by molar-refractivity contribution is 6.30. The highest BCUT2D eigenvalue weighted by Gasteiger charge is 2.39. The number of hydrogen-bond acceptors (Lipinski definition) is 6. The molecule has 3 heterocycles. The van der Waals surface area contributed by atoms with Gasteiger partial charge < -0.3 is 29.5 Å². The quantitative estimate of drug-likeness (QED) is 0.628. The van der Waals surface area contributed by atoms with Gasteiger partial charge in [0.05, 0.1) is 31.8 Å². The fourth-order valence-corrected chi connectivity index (χ4v) is 4.84. The smallest absolute Gasteiger partial charge is 0.261 e. The van der Waals surface area contributed by atoms with E-state index in [2.05, 4.69) is 5.32 Å². The Labute approximate surface area is 213 Å². The van der Waals surface area contributed by atoms with Crippen LogP contribution in [-0.4, -0.2) is 65.9 Å². The Morgan fingerprint density at radius 3 is 2.49 bits per heavy atom. The normalized spacial score (nSPS) is 26.2. The van der Waals surface area contributed by atoms with Crippen molar-refractivity contribution in [2.75, 3.05) is 19.7 Å². The molecule has 3 aliphatic heterocycles. The van der Waals surface area contributed by atoms with Crippen molar-refractivity contribution in [3.63, 3.8) is 0 Å². The highest BCUT2D eigenvalue weighted by atomic mass is 35.5. The molecule has 2 N–H and O–H groups in total. The number of carbonyl (C=O) groups excluding carboxylic acids is 2. The van der Waals surface area contributed by atoms with Crippen molar-refractivity contribution < 1.29 is 28.9 Å². The van der Waals surface area contributed by atoms with Crippen LogP contribution < -0.4 is 14.8 Å². The van der Waals surface area contributed by atoms with Crippen LogP contribution >= 0.6 is 23.2 Å². The molecule has 2 fully saturated rings. The number of aliphatic hydroxyl groups is 1. The van der Waals surface area contributed by atoms with Gasteiger partial charge >= 0.3 is 0 Å². The average Bonchev–Trinajstić information content (AvgIpc) is 2.82. The van der Waals surface area contributed by atoms with E-state index in [1.165, 1.54) is 0 Å². The summed E-state index contributed by atoms with van der Waals surface area (Å²) in [5.74, 6) is 0.806. The maximum absolute atomic E-state index is 12.8. The van der Waals surface area contributed by atoms with Gasteiger partial charge in [-0.05, 0) is 55.3 Å². The lowest BCUT2D eigenvalue weighted by Crippen LogP contribution is -2.60. The first kappa shape index (κ1) is 24.2. The van der Waals surface area contributed by atoms with E-state index >= 15 is 0 Å². The fourth-order valence-electron chi connectivity index (χ4n) is 4.53. The van der Waals surface area contributed by atoms with Crippen molar-refractivity contribution in [2.45, 2.75) is 49.7 Å². The summed E-state index contributed by atoms with van der Waals surface area (Å²) in [6.07, 6.45) is -0.951. The van der Waals surface area contributed by atoms with Crippen LogP contribution in [0.3, 0.4) is 0 Å². The van der Waals surface area contributed by atoms with Gasteiger partial charge in [-0.25, -0.2) is 0 Å². The molecule has 0 radical (unpaired) electrons. The third-order valence-electron chi connectivity index (χ3n) is 6.50. The number of benzene rings is 2. The standard InChI is InChI=1S/C25H26Cl2N2O6/c26-14-1-5-17(6-2-14)34-18-11-29(12-18)25(32)22-8-4-16(13-33-22)28-24(31)23-10-20(30)19-9-15(27)3-7-21(19)35-23/h1-3,5-7,9,16,18,20,22-23,30H,4,8,10-13H2,(H,28,31)/t16-,20?,22+,23?/m1/s1. The molecule has 0 saturated carbocycles. The molecular formula is C25H26Cl2N2O6. The minimum atomic E-state index is -0.832. The van der Waals surface area contributed by atoms with Gasteiger partial charge in [0.2, 0.25) is 0 Å². The number of fused-ring (bicyclic) bond motifs is 1. The minimum absolute atomic E-state index is 0.0530. The molecule has 10 heteroatoms. The second-order valence-corrected chi connectivity index (χ2v) is 9.95. The molecular weight excluding hydrogens is 495 g/mol. The van der Waals surface area contributed by atoms with Gasteiger partial charge in [0.25, 0.3) is 11.8 Å². The predicted molar refractivity (Wildman–Crippen MR) is 129 cm³/mol. The fraction of sp³-hybridized carbons (Fsp3) is 0.440. The Hall–Kier alpha value is -2.52. The van der Waals surface area contributed by atoms with E-state index in [0.29, 0.717) is 47.3 Å². The number of amides is 2. The zero-order valence-corrected chi connectivity index (χ0v) is 20.4. The molecule has 0 bridgehead atoms. The summed E-state index contributed by atoms with van der Waals surface area (Å²) in [5.41, 5.74) is 0.579. The van der Waals surface area contributed by atoms with Crippen molar-refractivity contribution in [2.24, 2.45) is 0 Å². The molecule has 2 unspecified atom stereocenters. The molecule has 35 heavy (non-hydrogen) atoms. The summed E-state index contributed by atoms with van der Waals surface area (Å²) in [7, 11) is 0. The number of nitrogens with zero attached hydrogens (tertiary/aromatic N) is 1. The minimum Gasteiger partial charge on any atom is -0.487 e. The maximum atomic E-state index is 12.8. The molecule has 2 aromatic rings. The molecule has 0 aromatic heterocycles. The molecule has 186 valence electrons. The Bertz CT molecular complexity index is 1080. The largest absolute Gasteiger partial charge is 0.487 e. The number of halogens is 2. The van der Waals surface area contributed by atoms with Crippen LogP contribution in [0.4, 0.5) is 0 Å². The van der Waals surface area contributed by atoms with Crippen LogP contribution in [0, 0.1) is 0 Å². The summed E-state index contributed by atoms with van der Waals surface area (Å²) in [4.78, 5) is 27.2. The van der Waals surface area contributed by atoms with Crippen LogP contribution in [0.2, 0.25) is 10.0 Å². The molecule has 3 aliphatic rings. The molecule has 2 aromatic carbocycles. The van der Waals surface area contributed by atoms with Crippen LogP contribution in [0.15, 0.2) is 42.5 Å². The monoisotopic (exact) mass is 520 g/mol. The average molecular weight is 521 g/mol. The zero-order chi connectivity index (χ0) is 24.5. The van der Waals surface area contributed by atoms with Gasteiger partial charge in [0.15, 0.2) is 6.10 Å². The Morgan fingerprint density at radius 2 is 1.77 bits per heavy atom. The summed E-state index contributed by atoms with van der Waals surface area (Å²) in [6.45, 7) is 1.26. The van der Waals surface area contributed by atoms with Gasteiger partial charge in [0, 0.05) is 22.0 Å². The van der Waals surface area contributed by atoms with Crippen molar-refractivity contribution in [3.05, 3.63) is 58.1 Å². The van der Waals surface area contributed by atoms with E-state index in [1.54, 1.807) is 47.4 Å². The van der Waals surface area contributed by atoms with Crippen molar-refractivity contribution in [3.8, 4) is 11.5 Å². The number of hydrogen-bond donors (Lipinski definition) is 2. The van der Waals surface area contributed by atoms with E-state index in [1.807, 2.05) is 0 Å². The third-order valence-corrected chi connectivity index (χ3v) is 6.99. The van der Waals surface area contributed by atoms with Crippen LogP contribution in [0.25, 0.3) is 0 Å². The van der Waals surface area contributed by atoms with Crippen molar-refractivity contribution >= 4 is 35.0 Å². The van der Waals surface area contributed by atoms with Crippen LogP contribution in [-0.2, 0) is 14.3 Å². The molecule has 0 aliphatic carbocycles. The Kier molecular flexibility index (Phi) is 7.07. The molecule has 4 atom stereocenters. The lowest BCUT2D eigenvalue weighted by Gasteiger charge is -2.41. The number of nitrogens with one attached hydrogen (secondary N) is 1. The first-order valence-electron chi connectivity index (χ1n) is 11.6. The van der Waals surface area contributed by atoms with Crippen LogP contribution in [0.1, 0.15) is 30.9 Å². The van der Waals surface area contributed by atoms with Crippen molar-refractivity contribution in [1.82, 2.24) is 10.2 Å². The van der Waals surface area contributed by atoms with Gasteiger partial charge in [-0.2, -0.15) is 0 Å². The van der Waals surface area contributed by atoms with Gasteiger partial charge in [-0.1, -0.05) is 23.2 Å². The third kappa shape index (κ3) is 5.51. The summed E-state index contributed by atoms with van der Waals surface area (Å²) >= 11 is 11.9. The number of rotatable bonds is 5. The van der Waals surface area contributed by atoms with E-state index in [-0.39, 0.29) is 37.0 Å². The first-order valence-corrected chi connectivity index (χ1v) is 12.4. The van der Waals surface area contributed by atoms with Gasteiger partial charge in [-0.3, -0.25) is 9.59 Å². The number of aliphatic hydroxyl groups excluding tert-OH is 1. The highest BCUT2D eigenvalue weighted by Crippen LogP contribution is 2.36. The van der Waals surface area contributed by atoms with E-state index in [9.17, 15) is 14.7 Å². The molecule has 0 spiro atoms. The zero-order valence-electron chi connectivity index (χ0n) is 18.9. The molecule has 2 saturated heterocycles. The first-order chi connectivity index (χ1) is 16.9. The predicted octanol–water partition coefficient (Wildman–Crippen LogP) is 3.13. The van der Waals surface area contributed by atoms with Gasteiger partial charge in [-0.15, -0.1) is 0 Å². The van der Waals surface area contributed by atoms with Crippen LogP contribution in [0.5, 0.6) is 11.5 Å². The summed E-state index contributed by atoms with van der Waals surface area (Å²) in [5, 5.41) is 14.5. The second kappa shape index (κ2) is 10.2. The number of likely N-dealkylation sites (tertiary alicyclic amines) is 1. The van der Waals surface area contributed by atoms with Gasteiger partial charge in [0.1, 0.15) is 23.7 Å². The van der Waals surface area contributed by atoms with Crippen molar-refractivity contribution in [1.29, 1.82) is 0 Å².